The predicted molar refractivity (Wildman–Crippen MR) is 88.6 cm³/mol. The van der Waals surface area contributed by atoms with E-state index in [-0.39, 0.29) is 13.4 Å². The molecule has 5 nitrogen and oxygen atoms in total. The molecule has 0 spiro atoms. The molecule has 0 aliphatic carbocycles. The van der Waals surface area contributed by atoms with E-state index in [1.165, 1.54) is 0 Å². The Morgan fingerprint density at radius 3 is 2.70 bits per heavy atom. The van der Waals surface area contributed by atoms with Crippen LogP contribution in [-0.4, -0.2) is 19.4 Å². The summed E-state index contributed by atoms with van der Waals surface area (Å²) in [5.41, 5.74) is 2.00. The summed E-state index contributed by atoms with van der Waals surface area (Å²) >= 11 is 3.50. The molecule has 120 valence electrons. The summed E-state index contributed by atoms with van der Waals surface area (Å²) in [6, 6.07) is 13.4. The zero-order chi connectivity index (χ0) is 16.1. The summed E-state index contributed by atoms with van der Waals surface area (Å²) in [7, 11) is 0. The highest BCUT2D eigenvalue weighted by atomic mass is 79.9. The van der Waals surface area contributed by atoms with E-state index in [1.54, 1.807) is 0 Å². The van der Waals surface area contributed by atoms with Gasteiger partial charge in [0.2, 0.25) is 6.79 Å². The van der Waals surface area contributed by atoms with E-state index in [1.807, 2.05) is 42.5 Å². The first-order valence-electron chi connectivity index (χ1n) is 7.25. The van der Waals surface area contributed by atoms with Crippen molar-refractivity contribution in [1.29, 1.82) is 0 Å². The number of carbonyl (C=O) groups is 1. The van der Waals surface area contributed by atoms with Gasteiger partial charge in [-0.05, 0) is 29.7 Å². The van der Waals surface area contributed by atoms with Gasteiger partial charge >= 0.3 is 6.09 Å². The fourth-order valence-corrected chi connectivity index (χ4v) is 2.74. The van der Waals surface area contributed by atoms with Gasteiger partial charge in [-0.3, -0.25) is 0 Å². The summed E-state index contributed by atoms with van der Waals surface area (Å²) in [6.07, 6.45) is 0.239. The molecule has 23 heavy (non-hydrogen) atoms. The molecule has 2 aromatic carbocycles. The molecule has 0 fully saturated rings. The Balaban J connectivity index is 1.45. The number of amides is 1. The van der Waals surface area contributed by atoms with Crippen molar-refractivity contribution in [3.05, 3.63) is 58.1 Å². The van der Waals surface area contributed by atoms with Crippen LogP contribution in [0, 0.1) is 0 Å². The van der Waals surface area contributed by atoms with Crippen LogP contribution in [0.3, 0.4) is 0 Å². The number of rotatable bonds is 5. The molecular weight excluding hydrogens is 362 g/mol. The van der Waals surface area contributed by atoms with Crippen molar-refractivity contribution < 1.29 is 19.0 Å². The summed E-state index contributed by atoms with van der Waals surface area (Å²) in [6.45, 7) is 0.988. The lowest BCUT2D eigenvalue weighted by Crippen LogP contribution is -2.26. The normalized spacial score (nSPS) is 12.0. The standard InChI is InChI=1S/C17H16BrNO4/c18-14-9-16-15(22-11-23-16)8-13(14)6-7-19-17(20)21-10-12-4-2-1-3-5-12/h1-5,8-9H,6-7,10-11H2,(H,19,20). The summed E-state index contributed by atoms with van der Waals surface area (Å²) in [5.74, 6) is 1.46. The number of nitrogens with one attached hydrogen (secondary N) is 1. The lowest BCUT2D eigenvalue weighted by Gasteiger charge is -2.09. The van der Waals surface area contributed by atoms with E-state index in [0.717, 1.165) is 27.1 Å². The molecule has 0 atom stereocenters. The molecule has 2 aromatic rings. The summed E-state index contributed by atoms with van der Waals surface area (Å²) < 4.78 is 16.8. The average Bonchev–Trinajstić information content (AvgIpc) is 3.01. The molecule has 1 N–H and O–H groups in total. The lowest BCUT2D eigenvalue weighted by molar-refractivity contribution is 0.140. The van der Waals surface area contributed by atoms with E-state index in [2.05, 4.69) is 21.2 Å². The second-order valence-corrected chi connectivity index (χ2v) is 5.89. The van der Waals surface area contributed by atoms with Gasteiger partial charge in [0.15, 0.2) is 11.5 Å². The minimum Gasteiger partial charge on any atom is -0.454 e. The predicted octanol–water partition coefficient (Wildman–Crippen LogP) is 3.65. The number of alkyl carbamates (subject to hydrolysis) is 1. The second kappa shape index (κ2) is 7.37. The van der Waals surface area contributed by atoms with Crippen molar-refractivity contribution in [3.63, 3.8) is 0 Å². The van der Waals surface area contributed by atoms with Crippen LogP contribution in [0.25, 0.3) is 0 Å². The first-order chi connectivity index (χ1) is 11.2. The van der Waals surface area contributed by atoms with Crippen molar-refractivity contribution in [2.45, 2.75) is 13.0 Å². The minimum absolute atomic E-state index is 0.245. The Labute approximate surface area is 142 Å². The van der Waals surface area contributed by atoms with Crippen molar-refractivity contribution >= 4 is 22.0 Å². The van der Waals surface area contributed by atoms with Crippen molar-refractivity contribution in [3.8, 4) is 11.5 Å². The van der Waals surface area contributed by atoms with Crippen LogP contribution in [0.15, 0.2) is 46.9 Å². The topological polar surface area (TPSA) is 56.8 Å². The fourth-order valence-electron chi connectivity index (χ4n) is 2.22. The maximum atomic E-state index is 11.7. The van der Waals surface area contributed by atoms with E-state index >= 15 is 0 Å². The maximum absolute atomic E-state index is 11.7. The molecule has 0 saturated heterocycles. The monoisotopic (exact) mass is 377 g/mol. The van der Waals surface area contributed by atoms with Crippen LogP contribution in [0.2, 0.25) is 0 Å². The molecule has 0 radical (unpaired) electrons. The van der Waals surface area contributed by atoms with Gasteiger partial charge < -0.3 is 19.5 Å². The molecule has 0 aromatic heterocycles. The van der Waals surface area contributed by atoms with Gasteiger partial charge in [-0.1, -0.05) is 46.3 Å². The average molecular weight is 378 g/mol. The minimum atomic E-state index is -0.425. The highest BCUT2D eigenvalue weighted by Crippen LogP contribution is 2.36. The van der Waals surface area contributed by atoms with Gasteiger partial charge in [0.1, 0.15) is 6.61 Å². The fraction of sp³-hybridized carbons (Fsp3) is 0.235. The number of hydrogen-bond donors (Lipinski definition) is 1. The first-order valence-corrected chi connectivity index (χ1v) is 8.04. The quantitative estimate of drug-likeness (QED) is 0.863. The Kier molecular flexibility index (Phi) is 5.02. The van der Waals surface area contributed by atoms with E-state index in [0.29, 0.717) is 13.0 Å². The van der Waals surface area contributed by atoms with Gasteiger partial charge in [-0.15, -0.1) is 0 Å². The van der Waals surface area contributed by atoms with Crippen LogP contribution in [0.1, 0.15) is 11.1 Å². The largest absolute Gasteiger partial charge is 0.454 e. The molecule has 1 aliphatic heterocycles. The molecule has 1 aliphatic rings. The Morgan fingerprint density at radius 2 is 1.91 bits per heavy atom. The number of benzene rings is 2. The smallest absolute Gasteiger partial charge is 0.407 e. The van der Waals surface area contributed by atoms with Crippen LogP contribution in [0.4, 0.5) is 4.79 Å². The molecule has 6 heteroatoms. The van der Waals surface area contributed by atoms with Crippen molar-refractivity contribution in [2.24, 2.45) is 0 Å². The number of ether oxygens (including phenoxy) is 3. The third kappa shape index (κ3) is 4.16. The number of halogens is 1. The molecule has 0 unspecified atom stereocenters. The van der Waals surface area contributed by atoms with Gasteiger partial charge in [-0.2, -0.15) is 0 Å². The van der Waals surface area contributed by atoms with Crippen molar-refractivity contribution in [1.82, 2.24) is 5.32 Å². The Bertz CT molecular complexity index is 690. The number of hydrogen-bond acceptors (Lipinski definition) is 4. The molecule has 3 rings (SSSR count). The molecule has 0 saturated carbocycles. The van der Waals surface area contributed by atoms with Crippen LogP contribution in [0.5, 0.6) is 11.5 Å². The Hall–Kier alpha value is -2.21. The van der Waals surface area contributed by atoms with E-state index in [4.69, 9.17) is 14.2 Å². The molecular formula is C17H16BrNO4. The maximum Gasteiger partial charge on any atom is 0.407 e. The van der Waals surface area contributed by atoms with Gasteiger partial charge in [-0.25, -0.2) is 4.79 Å². The summed E-state index contributed by atoms with van der Waals surface area (Å²) in [4.78, 5) is 11.7. The van der Waals surface area contributed by atoms with Crippen molar-refractivity contribution in [2.75, 3.05) is 13.3 Å². The van der Waals surface area contributed by atoms with Gasteiger partial charge in [0.05, 0.1) is 0 Å². The summed E-state index contributed by atoms with van der Waals surface area (Å²) in [5, 5.41) is 2.74. The highest BCUT2D eigenvalue weighted by Gasteiger charge is 2.16. The Morgan fingerprint density at radius 1 is 1.17 bits per heavy atom. The molecule has 1 amide bonds. The molecule has 1 heterocycles. The highest BCUT2D eigenvalue weighted by molar-refractivity contribution is 9.10. The van der Waals surface area contributed by atoms with Crippen LogP contribution in [-0.2, 0) is 17.8 Å². The number of fused-ring (bicyclic) bond motifs is 1. The zero-order valence-corrected chi connectivity index (χ0v) is 14.0. The lowest BCUT2D eigenvalue weighted by atomic mass is 10.1. The van der Waals surface area contributed by atoms with E-state index in [9.17, 15) is 4.79 Å². The van der Waals surface area contributed by atoms with E-state index < -0.39 is 6.09 Å². The van der Waals surface area contributed by atoms with Crippen LogP contribution < -0.4 is 14.8 Å². The number of carbonyl (C=O) groups excluding carboxylic acids is 1. The first kappa shape index (κ1) is 15.7. The van der Waals surface area contributed by atoms with Gasteiger partial charge in [0, 0.05) is 11.0 Å². The SMILES string of the molecule is O=C(NCCc1cc2c(cc1Br)OCO2)OCc1ccccc1. The van der Waals surface area contributed by atoms with Gasteiger partial charge in [0.25, 0.3) is 0 Å². The second-order valence-electron chi connectivity index (χ2n) is 5.04. The zero-order valence-electron chi connectivity index (χ0n) is 12.4. The third-order valence-corrected chi connectivity index (χ3v) is 4.16. The van der Waals surface area contributed by atoms with Crippen LogP contribution >= 0.6 is 15.9 Å². The molecule has 0 bridgehead atoms. The third-order valence-electron chi connectivity index (χ3n) is 3.42.